The number of hydrogen-bond acceptors (Lipinski definition) is 3. The van der Waals surface area contributed by atoms with E-state index in [2.05, 4.69) is 19.8 Å². The molecule has 0 unspecified atom stereocenters. The van der Waals surface area contributed by atoms with Crippen LogP contribution in [0.25, 0.3) is 0 Å². The number of hydrogen-bond donors (Lipinski definition) is 2. The summed E-state index contributed by atoms with van der Waals surface area (Å²) in [5, 5.41) is 3.09. The number of aromatic nitrogens is 1. The van der Waals surface area contributed by atoms with E-state index in [1.165, 1.54) is 12.1 Å². The Hall–Kier alpha value is -2.24. The fraction of sp³-hybridized carbons (Fsp3) is 0.167. The van der Waals surface area contributed by atoms with Crippen molar-refractivity contribution in [2.45, 2.75) is 12.8 Å². The lowest BCUT2D eigenvalue weighted by atomic mass is 10.2. The molecule has 18 heavy (non-hydrogen) atoms. The first-order valence-electron chi connectivity index (χ1n) is 5.38. The highest BCUT2D eigenvalue weighted by Gasteiger charge is 2.43. The molecule has 1 aromatic carbocycles. The Morgan fingerprint density at radius 2 is 2.00 bits per heavy atom. The number of fused-ring (bicyclic) bond motifs is 1. The van der Waals surface area contributed by atoms with Crippen LogP contribution in [0.15, 0.2) is 36.5 Å². The van der Waals surface area contributed by atoms with Gasteiger partial charge in [0.05, 0.1) is 6.54 Å². The van der Waals surface area contributed by atoms with Crippen molar-refractivity contribution >= 4 is 5.69 Å². The van der Waals surface area contributed by atoms with Gasteiger partial charge in [-0.15, -0.1) is 8.78 Å². The number of anilines is 1. The van der Waals surface area contributed by atoms with Gasteiger partial charge < -0.3 is 19.8 Å². The van der Waals surface area contributed by atoms with Crippen LogP contribution in [-0.4, -0.2) is 11.3 Å². The van der Waals surface area contributed by atoms with Crippen molar-refractivity contribution < 1.29 is 18.3 Å². The molecule has 0 amide bonds. The zero-order valence-electron chi connectivity index (χ0n) is 9.24. The molecule has 0 bridgehead atoms. The Balaban J connectivity index is 1.72. The number of alkyl halides is 2. The largest absolute Gasteiger partial charge is 0.586 e. The van der Waals surface area contributed by atoms with Crippen LogP contribution in [0.1, 0.15) is 5.69 Å². The quantitative estimate of drug-likeness (QED) is 0.882. The van der Waals surface area contributed by atoms with Crippen LogP contribution >= 0.6 is 0 Å². The van der Waals surface area contributed by atoms with E-state index in [1.807, 2.05) is 18.3 Å². The number of ether oxygens (including phenoxy) is 2. The molecule has 0 saturated carbocycles. The van der Waals surface area contributed by atoms with Crippen LogP contribution in [0, 0.1) is 0 Å². The van der Waals surface area contributed by atoms with Gasteiger partial charge in [0.1, 0.15) is 0 Å². The molecule has 2 heterocycles. The molecule has 0 spiro atoms. The summed E-state index contributed by atoms with van der Waals surface area (Å²) in [5.74, 6) is 0.0851. The topological polar surface area (TPSA) is 46.3 Å². The lowest BCUT2D eigenvalue weighted by Gasteiger charge is -2.05. The highest BCUT2D eigenvalue weighted by atomic mass is 19.3. The summed E-state index contributed by atoms with van der Waals surface area (Å²) in [7, 11) is 0. The van der Waals surface area contributed by atoms with Crippen LogP contribution in [0.2, 0.25) is 0 Å². The molecule has 1 aliphatic heterocycles. The number of rotatable bonds is 3. The molecule has 0 saturated heterocycles. The van der Waals surface area contributed by atoms with E-state index >= 15 is 0 Å². The summed E-state index contributed by atoms with van der Waals surface area (Å²) in [5.41, 5.74) is 1.68. The minimum absolute atomic E-state index is 0.0384. The second-order valence-electron chi connectivity index (χ2n) is 3.88. The summed E-state index contributed by atoms with van der Waals surface area (Å²) in [4.78, 5) is 3.03. The van der Waals surface area contributed by atoms with Gasteiger partial charge in [-0.3, -0.25) is 0 Å². The predicted octanol–water partition coefficient (Wildman–Crippen LogP) is 2.95. The maximum absolute atomic E-state index is 12.8. The van der Waals surface area contributed by atoms with Crippen molar-refractivity contribution in [2.75, 3.05) is 5.32 Å². The third kappa shape index (κ3) is 2.09. The second-order valence-corrected chi connectivity index (χ2v) is 3.88. The van der Waals surface area contributed by atoms with E-state index in [9.17, 15) is 8.78 Å². The fourth-order valence-electron chi connectivity index (χ4n) is 1.73. The first kappa shape index (κ1) is 10.9. The first-order chi connectivity index (χ1) is 8.62. The molecule has 1 aliphatic rings. The zero-order chi connectivity index (χ0) is 12.6. The Morgan fingerprint density at radius 1 is 1.17 bits per heavy atom. The molecular weight excluding hydrogens is 242 g/mol. The van der Waals surface area contributed by atoms with Crippen molar-refractivity contribution in [1.29, 1.82) is 0 Å². The Labute approximate surface area is 102 Å². The Bertz CT molecular complexity index is 555. The smallest absolute Gasteiger partial charge is 0.395 e. The SMILES string of the molecule is FC1(F)Oc2ccc(NCc3ccc[nH]3)cc2O1. The van der Waals surface area contributed by atoms with Crippen molar-refractivity contribution in [3.8, 4) is 11.5 Å². The van der Waals surface area contributed by atoms with Gasteiger partial charge in [-0.1, -0.05) is 0 Å². The third-order valence-corrected chi connectivity index (χ3v) is 2.55. The van der Waals surface area contributed by atoms with E-state index in [0.29, 0.717) is 12.2 Å². The number of halogens is 2. The molecule has 6 heteroatoms. The molecule has 3 rings (SSSR count). The molecule has 94 valence electrons. The van der Waals surface area contributed by atoms with E-state index in [1.54, 1.807) is 6.07 Å². The molecule has 2 N–H and O–H groups in total. The maximum atomic E-state index is 12.8. The van der Waals surface area contributed by atoms with E-state index in [-0.39, 0.29) is 11.5 Å². The molecular formula is C12H10F2N2O2. The highest BCUT2D eigenvalue weighted by Crippen LogP contribution is 2.42. The van der Waals surface area contributed by atoms with Crippen LogP contribution in [-0.2, 0) is 6.54 Å². The minimum atomic E-state index is -3.57. The number of nitrogens with one attached hydrogen (secondary N) is 2. The molecule has 1 aromatic heterocycles. The van der Waals surface area contributed by atoms with Crippen molar-refractivity contribution in [2.24, 2.45) is 0 Å². The molecule has 2 aromatic rings. The summed E-state index contributed by atoms with van der Waals surface area (Å²) in [6.45, 7) is 0.572. The van der Waals surface area contributed by atoms with Gasteiger partial charge >= 0.3 is 6.29 Å². The summed E-state index contributed by atoms with van der Waals surface area (Å²) >= 11 is 0. The van der Waals surface area contributed by atoms with Crippen LogP contribution in [0.3, 0.4) is 0 Å². The average Bonchev–Trinajstić information content (AvgIpc) is 2.90. The highest BCUT2D eigenvalue weighted by molar-refractivity contribution is 5.56. The van der Waals surface area contributed by atoms with E-state index in [4.69, 9.17) is 0 Å². The summed E-state index contributed by atoms with van der Waals surface area (Å²) in [6, 6.07) is 8.41. The van der Waals surface area contributed by atoms with Gasteiger partial charge in [0.25, 0.3) is 0 Å². The third-order valence-electron chi connectivity index (χ3n) is 2.55. The summed E-state index contributed by atoms with van der Waals surface area (Å²) < 4.78 is 34.3. The average molecular weight is 252 g/mol. The fourth-order valence-corrected chi connectivity index (χ4v) is 1.73. The van der Waals surface area contributed by atoms with Gasteiger partial charge in [0.2, 0.25) is 0 Å². The van der Waals surface area contributed by atoms with E-state index < -0.39 is 6.29 Å². The molecule has 0 atom stereocenters. The van der Waals surface area contributed by atoms with Crippen LogP contribution in [0.5, 0.6) is 11.5 Å². The van der Waals surface area contributed by atoms with Crippen LogP contribution < -0.4 is 14.8 Å². The normalized spacial score (nSPS) is 15.7. The van der Waals surface area contributed by atoms with Gasteiger partial charge in [-0.25, -0.2) is 0 Å². The molecule has 4 nitrogen and oxygen atoms in total. The van der Waals surface area contributed by atoms with Gasteiger partial charge in [0, 0.05) is 23.6 Å². The van der Waals surface area contributed by atoms with Crippen molar-refractivity contribution in [3.05, 3.63) is 42.2 Å². The predicted molar refractivity (Wildman–Crippen MR) is 60.8 cm³/mol. The molecule has 0 fully saturated rings. The van der Waals surface area contributed by atoms with Crippen molar-refractivity contribution in [3.63, 3.8) is 0 Å². The Morgan fingerprint density at radius 3 is 2.78 bits per heavy atom. The van der Waals surface area contributed by atoms with E-state index in [0.717, 1.165) is 5.69 Å². The van der Waals surface area contributed by atoms with Gasteiger partial charge in [0.15, 0.2) is 11.5 Å². The Kier molecular flexibility index (Phi) is 2.36. The maximum Gasteiger partial charge on any atom is 0.586 e. The van der Waals surface area contributed by atoms with Crippen LogP contribution in [0.4, 0.5) is 14.5 Å². The standard InChI is InChI=1S/C12H10F2N2O2/c13-12(14)17-10-4-3-8(6-11(10)18-12)16-7-9-2-1-5-15-9/h1-6,15-16H,7H2. The first-order valence-corrected chi connectivity index (χ1v) is 5.38. The zero-order valence-corrected chi connectivity index (χ0v) is 9.24. The number of benzene rings is 1. The monoisotopic (exact) mass is 252 g/mol. The van der Waals surface area contributed by atoms with Gasteiger partial charge in [-0.2, -0.15) is 0 Å². The summed E-state index contributed by atoms with van der Waals surface area (Å²) in [6.07, 6.45) is -1.75. The molecule has 0 radical (unpaired) electrons. The second kappa shape index (κ2) is 3.90. The molecule has 0 aliphatic carbocycles. The number of H-pyrrole nitrogens is 1. The lowest BCUT2D eigenvalue weighted by Crippen LogP contribution is -2.25. The van der Waals surface area contributed by atoms with Crippen molar-refractivity contribution in [1.82, 2.24) is 4.98 Å². The number of aromatic amines is 1. The lowest BCUT2D eigenvalue weighted by molar-refractivity contribution is -0.286. The van der Waals surface area contributed by atoms with Gasteiger partial charge in [-0.05, 0) is 24.3 Å². The minimum Gasteiger partial charge on any atom is -0.395 e.